The highest BCUT2D eigenvalue weighted by Gasteiger charge is 2.28. The fourth-order valence-corrected chi connectivity index (χ4v) is 2.28. The summed E-state index contributed by atoms with van der Waals surface area (Å²) in [5, 5.41) is 4.88. The van der Waals surface area contributed by atoms with Crippen LogP contribution < -0.4 is 10.6 Å². The Kier molecular flexibility index (Phi) is 5.44. The van der Waals surface area contributed by atoms with E-state index in [0.717, 1.165) is 19.3 Å². The molecule has 0 aromatic carbocycles. The van der Waals surface area contributed by atoms with Crippen molar-refractivity contribution < 1.29 is 18.0 Å². The number of carbonyl (C=O) groups is 1. The molecule has 6 heteroatoms. The van der Waals surface area contributed by atoms with Gasteiger partial charge < -0.3 is 10.6 Å². The van der Waals surface area contributed by atoms with Gasteiger partial charge in [-0.2, -0.15) is 13.2 Å². The van der Waals surface area contributed by atoms with Crippen LogP contribution in [-0.4, -0.2) is 31.2 Å². The van der Waals surface area contributed by atoms with Crippen LogP contribution in [0.1, 0.15) is 33.1 Å². The molecule has 0 aromatic rings. The van der Waals surface area contributed by atoms with Crippen molar-refractivity contribution in [2.45, 2.75) is 45.3 Å². The molecule has 2 N–H and O–H groups in total. The summed E-state index contributed by atoms with van der Waals surface area (Å²) >= 11 is 0. The topological polar surface area (TPSA) is 41.1 Å². The maximum absolute atomic E-state index is 11.9. The summed E-state index contributed by atoms with van der Waals surface area (Å²) in [6.45, 7) is 2.93. The molecule has 3 nitrogen and oxygen atoms in total. The van der Waals surface area contributed by atoms with Gasteiger partial charge in [-0.15, -0.1) is 0 Å². The summed E-state index contributed by atoms with van der Waals surface area (Å²) in [5.41, 5.74) is 0. The predicted octanol–water partition coefficient (Wildman–Crippen LogP) is 2.08. The van der Waals surface area contributed by atoms with Gasteiger partial charge in [0.15, 0.2) is 0 Å². The molecule has 106 valence electrons. The van der Waals surface area contributed by atoms with Gasteiger partial charge in [-0.05, 0) is 31.1 Å². The molecule has 1 rings (SSSR count). The van der Waals surface area contributed by atoms with Gasteiger partial charge in [-0.3, -0.25) is 4.79 Å². The summed E-state index contributed by atoms with van der Waals surface area (Å²) in [6.07, 6.45) is -1.39. The molecule has 0 aromatic heterocycles. The Labute approximate surface area is 106 Å². The minimum Gasteiger partial charge on any atom is -0.352 e. The molecule has 0 saturated heterocycles. The molecule has 0 bridgehead atoms. The number of carbonyl (C=O) groups excluding carboxylic acids is 1. The van der Waals surface area contributed by atoms with E-state index in [0.29, 0.717) is 11.8 Å². The van der Waals surface area contributed by atoms with E-state index in [-0.39, 0.29) is 18.5 Å². The normalized spacial score (nSPS) is 29.1. The zero-order chi connectivity index (χ0) is 13.8. The first-order valence-electron chi connectivity index (χ1n) is 6.34. The van der Waals surface area contributed by atoms with Crippen molar-refractivity contribution in [1.29, 1.82) is 0 Å². The van der Waals surface area contributed by atoms with Crippen LogP contribution in [-0.2, 0) is 4.79 Å². The summed E-state index contributed by atoms with van der Waals surface area (Å²) in [6, 6.07) is 0.108. The smallest absolute Gasteiger partial charge is 0.352 e. The molecule has 0 heterocycles. The van der Waals surface area contributed by atoms with Gasteiger partial charge in [0.1, 0.15) is 0 Å². The fourth-order valence-electron chi connectivity index (χ4n) is 2.28. The Morgan fingerprint density at radius 1 is 1.22 bits per heavy atom. The van der Waals surface area contributed by atoms with E-state index >= 15 is 0 Å². The van der Waals surface area contributed by atoms with E-state index in [1.54, 1.807) is 0 Å². The minimum absolute atomic E-state index is 0.108. The van der Waals surface area contributed by atoms with E-state index in [2.05, 4.69) is 24.5 Å². The van der Waals surface area contributed by atoms with Gasteiger partial charge in [-0.25, -0.2) is 0 Å². The highest BCUT2D eigenvalue weighted by Crippen LogP contribution is 2.29. The maximum Gasteiger partial charge on any atom is 0.401 e. The standard InChI is InChI=1S/C12H21F3N2O/c1-8-3-4-10(5-9(8)2)17-11(18)6-16-7-12(13,14)15/h8-10,16H,3-7H2,1-2H3,(H,17,18). The Morgan fingerprint density at radius 3 is 2.44 bits per heavy atom. The largest absolute Gasteiger partial charge is 0.401 e. The molecule has 1 amide bonds. The Bertz CT molecular complexity index is 281. The third kappa shape index (κ3) is 5.71. The molecule has 1 fully saturated rings. The van der Waals surface area contributed by atoms with Gasteiger partial charge in [-0.1, -0.05) is 13.8 Å². The van der Waals surface area contributed by atoms with Crippen LogP contribution in [0.3, 0.4) is 0 Å². The summed E-state index contributed by atoms with van der Waals surface area (Å²) in [7, 11) is 0. The number of hydrogen-bond donors (Lipinski definition) is 2. The third-order valence-electron chi connectivity index (χ3n) is 3.57. The quantitative estimate of drug-likeness (QED) is 0.818. The van der Waals surface area contributed by atoms with Crippen LogP contribution in [0.25, 0.3) is 0 Å². The second-order valence-corrected chi connectivity index (χ2v) is 5.25. The molecule has 1 saturated carbocycles. The lowest BCUT2D eigenvalue weighted by Crippen LogP contribution is -2.44. The molecular formula is C12H21F3N2O. The Morgan fingerprint density at radius 2 is 1.89 bits per heavy atom. The van der Waals surface area contributed by atoms with Crippen molar-refractivity contribution in [1.82, 2.24) is 10.6 Å². The molecule has 3 atom stereocenters. The van der Waals surface area contributed by atoms with Crippen LogP contribution in [0.2, 0.25) is 0 Å². The number of amides is 1. The summed E-state index contributed by atoms with van der Waals surface area (Å²) in [5.74, 6) is 0.847. The average molecular weight is 266 g/mol. The third-order valence-corrected chi connectivity index (χ3v) is 3.57. The number of halogens is 3. The molecule has 18 heavy (non-hydrogen) atoms. The van der Waals surface area contributed by atoms with Gasteiger partial charge in [0.2, 0.25) is 5.91 Å². The summed E-state index contributed by atoms with van der Waals surface area (Å²) in [4.78, 5) is 11.4. The van der Waals surface area contributed by atoms with E-state index < -0.39 is 12.7 Å². The number of alkyl halides is 3. The van der Waals surface area contributed by atoms with Crippen molar-refractivity contribution in [2.24, 2.45) is 11.8 Å². The fraction of sp³-hybridized carbons (Fsp3) is 0.917. The van der Waals surface area contributed by atoms with Crippen molar-refractivity contribution in [3.8, 4) is 0 Å². The van der Waals surface area contributed by atoms with Gasteiger partial charge in [0.05, 0.1) is 13.1 Å². The molecular weight excluding hydrogens is 245 g/mol. The first-order valence-corrected chi connectivity index (χ1v) is 6.34. The predicted molar refractivity (Wildman–Crippen MR) is 63.0 cm³/mol. The van der Waals surface area contributed by atoms with Crippen molar-refractivity contribution >= 4 is 5.91 Å². The Hall–Kier alpha value is -0.780. The van der Waals surface area contributed by atoms with Gasteiger partial charge in [0.25, 0.3) is 0 Å². The van der Waals surface area contributed by atoms with Crippen molar-refractivity contribution in [3.63, 3.8) is 0 Å². The van der Waals surface area contributed by atoms with E-state index in [1.807, 2.05) is 0 Å². The molecule has 0 aliphatic heterocycles. The minimum atomic E-state index is -4.27. The van der Waals surface area contributed by atoms with Crippen molar-refractivity contribution in [2.75, 3.05) is 13.1 Å². The zero-order valence-corrected chi connectivity index (χ0v) is 10.8. The van der Waals surface area contributed by atoms with Crippen LogP contribution in [0.4, 0.5) is 13.2 Å². The average Bonchev–Trinajstić information content (AvgIpc) is 2.21. The van der Waals surface area contributed by atoms with Crippen LogP contribution >= 0.6 is 0 Å². The van der Waals surface area contributed by atoms with E-state index in [4.69, 9.17) is 0 Å². The second-order valence-electron chi connectivity index (χ2n) is 5.25. The van der Waals surface area contributed by atoms with Crippen molar-refractivity contribution in [3.05, 3.63) is 0 Å². The lowest BCUT2D eigenvalue weighted by molar-refractivity contribution is -0.128. The summed E-state index contributed by atoms with van der Waals surface area (Å²) < 4.78 is 35.6. The highest BCUT2D eigenvalue weighted by atomic mass is 19.4. The number of rotatable bonds is 4. The van der Waals surface area contributed by atoms with Crippen LogP contribution in [0.5, 0.6) is 0 Å². The van der Waals surface area contributed by atoms with Gasteiger partial charge >= 0.3 is 6.18 Å². The molecule has 1 aliphatic rings. The molecule has 0 spiro atoms. The monoisotopic (exact) mass is 266 g/mol. The molecule has 1 aliphatic carbocycles. The van der Waals surface area contributed by atoms with Gasteiger partial charge in [0, 0.05) is 6.04 Å². The lowest BCUT2D eigenvalue weighted by Gasteiger charge is -2.32. The highest BCUT2D eigenvalue weighted by molar-refractivity contribution is 5.78. The lowest BCUT2D eigenvalue weighted by atomic mass is 9.79. The van der Waals surface area contributed by atoms with E-state index in [9.17, 15) is 18.0 Å². The zero-order valence-electron chi connectivity index (χ0n) is 10.8. The first kappa shape index (κ1) is 15.3. The second kappa shape index (κ2) is 6.41. The SMILES string of the molecule is CC1CCC(NC(=O)CNCC(F)(F)F)CC1C. The first-order chi connectivity index (χ1) is 8.28. The Balaban J connectivity index is 2.20. The van der Waals surface area contributed by atoms with Crippen LogP contribution in [0, 0.1) is 11.8 Å². The molecule has 3 unspecified atom stereocenters. The maximum atomic E-state index is 11.9. The van der Waals surface area contributed by atoms with Crippen LogP contribution in [0.15, 0.2) is 0 Å². The molecule has 0 radical (unpaired) electrons. The number of nitrogens with one attached hydrogen (secondary N) is 2. The number of hydrogen-bond acceptors (Lipinski definition) is 2. The van der Waals surface area contributed by atoms with E-state index in [1.165, 1.54) is 0 Å².